The normalized spacial score (nSPS) is 16.0. The fourth-order valence-electron chi connectivity index (χ4n) is 2.61. The predicted octanol–water partition coefficient (Wildman–Crippen LogP) is 1.48. The third kappa shape index (κ3) is 3.14. The van der Waals surface area contributed by atoms with Crippen LogP contribution in [0.3, 0.4) is 0 Å². The number of aromatic nitrogens is 3. The van der Waals surface area contributed by atoms with Gasteiger partial charge < -0.3 is 14.2 Å². The van der Waals surface area contributed by atoms with Crippen LogP contribution in [0.25, 0.3) is 11.4 Å². The molecule has 0 aromatic carbocycles. The SMILES string of the molecule is COCC(=O)N1CCC(c2nc(-c3ccncc3)no2)CC1. The molecule has 3 rings (SSSR count). The molecule has 0 aliphatic carbocycles. The Morgan fingerprint density at radius 2 is 2.09 bits per heavy atom. The lowest BCUT2D eigenvalue weighted by Gasteiger charge is -2.30. The average Bonchev–Trinajstić information content (AvgIpc) is 3.06. The number of likely N-dealkylation sites (tertiary alicyclic amines) is 1. The molecular weight excluding hydrogens is 284 g/mol. The standard InChI is InChI=1S/C15H18N4O3/c1-21-10-13(20)19-8-4-12(5-9-19)15-17-14(18-22-15)11-2-6-16-7-3-11/h2-3,6-7,12H,4-5,8-10H2,1H3. The van der Waals surface area contributed by atoms with Crippen molar-refractivity contribution >= 4 is 5.91 Å². The Labute approximate surface area is 128 Å². The third-order valence-corrected chi connectivity index (χ3v) is 3.84. The largest absolute Gasteiger partial charge is 0.375 e. The molecule has 0 N–H and O–H groups in total. The van der Waals surface area contributed by atoms with Crippen LogP contribution in [0.2, 0.25) is 0 Å². The number of piperidine rings is 1. The lowest BCUT2D eigenvalue weighted by atomic mass is 9.97. The first-order valence-electron chi connectivity index (χ1n) is 7.28. The van der Waals surface area contributed by atoms with E-state index in [1.54, 1.807) is 12.4 Å². The van der Waals surface area contributed by atoms with Crippen molar-refractivity contribution < 1.29 is 14.1 Å². The molecule has 0 atom stereocenters. The van der Waals surface area contributed by atoms with E-state index < -0.39 is 0 Å². The fraction of sp³-hybridized carbons (Fsp3) is 0.467. The highest BCUT2D eigenvalue weighted by atomic mass is 16.5. The van der Waals surface area contributed by atoms with Crippen molar-refractivity contribution in [2.24, 2.45) is 0 Å². The maximum atomic E-state index is 11.8. The molecule has 7 heteroatoms. The van der Waals surface area contributed by atoms with Gasteiger partial charge in [0.05, 0.1) is 0 Å². The van der Waals surface area contributed by atoms with Crippen LogP contribution in [0.15, 0.2) is 29.0 Å². The lowest BCUT2D eigenvalue weighted by molar-refractivity contribution is -0.136. The third-order valence-electron chi connectivity index (χ3n) is 3.84. The summed E-state index contributed by atoms with van der Waals surface area (Å²) in [7, 11) is 1.53. The summed E-state index contributed by atoms with van der Waals surface area (Å²) in [5, 5.41) is 4.03. The summed E-state index contributed by atoms with van der Waals surface area (Å²) < 4.78 is 10.3. The highest BCUT2D eigenvalue weighted by Gasteiger charge is 2.27. The van der Waals surface area contributed by atoms with Crippen molar-refractivity contribution in [2.75, 3.05) is 26.8 Å². The van der Waals surface area contributed by atoms with Gasteiger partial charge >= 0.3 is 0 Å². The highest BCUT2D eigenvalue weighted by molar-refractivity contribution is 5.77. The van der Waals surface area contributed by atoms with Gasteiger partial charge in [0.1, 0.15) is 6.61 Å². The number of nitrogens with zero attached hydrogens (tertiary/aromatic N) is 4. The van der Waals surface area contributed by atoms with Gasteiger partial charge in [-0.25, -0.2) is 0 Å². The minimum Gasteiger partial charge on any atom is -0.375 e. The summed E-state index contributed by atoms with van der Waals surface area (Å²) in [6, 6.07) is 3.70. The number of methoxy groups -OCH3 is 1. The molecule has 1 aliphatic rings. The zero-order valence-electron chi connectivity index (χ0n) is 12.4. The van der Waals surface area contributed by atoms with Crippen molar-refractivity contribution in [1.29, 1.82) is 0 Å². The summed E-state index contributed by atoms with van der Waals surface area (Å²) in [6.45, 7) is 1.52. The monoisotopic (exact) mass is 302 g/mol. The molecule has 1 fully saturated rings. The molecule has 1 amide bonds. The molecule has 1 aliphatic heterocycles. The summed E-state index contributed by atoms with van der Waals surface area (Å²) in [4.78, 5) is 22.0. The van der Waals surface area contributed by atoms with Crippen molar-refractivity contribution in [1.82, 2.24) is 20.0 Å². The number of pyridine rings is 1. The van der Waals surface area contributed by atoms with E-state index in [9.17, 15) is 4.79 Å². The van der Waals surface area contributed by atoms with Crippen molar-refractivity contribution in [3.05, 3.63) is 30.4 Å². The van der Waals surface area contributed by atoms with Crippen LogP contribution >= 0.6 is 0 Å². The Balaban J connectivity index is 1.63. The van der Waals surface area contributed by atoms with Crippen molar-refractivity contribution in [3.8, 4) is 11.4 Å². The van der Waals surface area contributed by atoms with E-state index >= 15 is 0 Å². The van der Waals surface area contributed by atoms with Gasteiger partial charge in [-0.3, -0.25) is 9.78 Å². The van der Waals surface area contributed by atoms with Crippen LogP contribution in [0.4, 0.5) is 0 Å². The second kappa shape index (κ2) is 6.65. The van der Waals surface area contributed by atoms with E-state index in [0.29, 0.717) is 24.8 Å². The molecule has 7 nitrogen and oxygen atoms in total. The lowest BCUT2D eigenvalue weighted by Crippen LogP contribution is -2.39. The average molecular weight is 302 g/mol. The van der Waals surface area contributed by atoms with Crippen LogP contribution in [0, 0.1) is 0 Å². The molecule has 0 unspecified atom stereocenters. The summed E-state index contributed by atoms with van der Waals surface area (Å²) in [5.41, 5.74) is 0.887. The first kappa shape index (κ1) is 14.6. The van der Waals surface area contributed by atoms with Crippen LogP contribution in [-0.4, -0.2) is 52.7 Å². The molecule has 0 saturated carbocycles. The van der Waals surface area contributed by atoms with Gasteiger partial charge in [0.2, 0.25) is 17.6 Å². The van der Waals surface area contributed by atoms with Crippen LogP contribution < -0.4 is 0 Å². The van der Waals surface area contributed by atoms with Gasteiger partial charge in [-0.2, -0.15) is 4.98 Å². The number of amides is 1. The van der Waals surface area contributed by atoms with Gasteiger partial charge in [-0.1, -0.05) is 5.16 Å². The molecule has 22 heavy (non-hydrogen) atoms. The Hall–Kier alpha value is -2.28. The summed E-state index contributed by atoms with van der Waals surface area (Å²) >= 11 is 0. The smallest absolute Gasteiger partial charge is 0.248 e. The minimum absolute atomic E-state index is 0.0314. The van der Waals surface area contributed by atoms with E-state index in [1.807, 2.05) is 17.0 Å². The van der Waals surface area contributed by atoms with E-state index in [1.165, 1.54) is 7.11 Å². The summed E-state index contributed by atoms with van der Waals surface area (Å²) in [5.74, 6) is 1.46. The molecule has 0 bridgehead atoms. The van der Waals surface area contributed by atoms with Gasteiger partial charge in [-0.15, -0.1) is 0 Å². The zero-order valence-corrected chi connectivity index (χ0v) is 12.4. The van der Waals surface area contributed by atoms with Crippen molar-refractivity contribution in [3.63, 3.8) is 0 Å². The predicted molar refractivity (Wildman–Crippen MR) is 78.0 cm³/mol. The summed E-state index contributed by atoms with van der Waals surface area (Å²) in [6.07, 6.45) is 5.05. The van der Waals surface area contributed by atoms with Crippen molar-refractivity contribution in [2.45, 2.75) is 18.8 Å². The molecule has 3 heterocycles. The quantitative estimate of drug-likeness (QED) is 0.851. The number of carbonyl (C=O) groups is 1. The molecule has 2 aromatic rings. The van der Waals surface area contributed by atoms with Gasteiger partial charge in [0.15, 0.2) is 0 Å². The number of rotatable bonds is 4. The topological polar surface area (TPSA) is 81.4 Å². The van der Waals surface area contributed by atoms with Crippen LogP contribution in [0.1, 0.15) is 24.7 Å². The highest BCUT2D eigenvalue weighted by Crippen LogP contribution is 2.28. The van der Waals surface area contributed by atoms with Crippen LogP contribution in [0.5, 0.6) is 0 Å². The Kier molecular flexibility index (Phi) is 4.43. The van der Waals surface area contributed by atoms with Crippen LogP contribution in [-0.2, 0) is 9.53 Å². The van der Waals surface area contributed by atoms with E-state index in [0.717, 1.165) is 18.4 Å². The fourth-order valence-corrected chi connectivity index (χ4v) is 2.61. The molecule has 2 aromatic heterocycles. The molecule has 0 spiro atoms. The van der Waals surface area contributed by atoms with Gasteiger partial charge in [0, 0.05) is 44.1 Å². The molecule has 0 radical (unpaired) electrons. The van der Waals surface area contributed by atoms with Gasteiger partial charge in [0.25, 0.3) is 0 Å². The van der Waals surface area contributed by atoms with Gasteiger partial charge in [-0.05, 0) is 25.0 Å². The molecular formula is C15H18N4O3. The Bertz CT molecular complexity index is 621. The number of hydrogen-bond acceptors (Lipinski definition) is 6. The minimum atomic E-state index is 0.0314. The number of carbonyl (C=O) groups excluding carboxylic acids is 1. The first-order chi connectivity index (χ1) is 10.8. The second-order valence-electron chi connectivity index (χ2n) is 5.28. The maximum Gasteiger partial charge on any atom is 0.248 e. The van der Waals surface area contributed by atoms with E-state index in [2.05, 4.69) is 15.1 Å². The number of hydrogen-bond donors (Lipinski definition) is 0. The zero-order chi connectivity index (χ0) is 15.4. The van der Waals surface area contributed by atoms with E-state index in [-0.39, 0.29) is 18.4 Å². The van der Waals surface area contributed by atoms with E-state index in [4.69, 9.17) is 9.26 Å². The second-order valence-corrected chi connectivity index (χ2v) is 5.28. The Morgan fingerprint density at radius 3 is 2.77 bits per heavy atom. The molecule has 1 saturated heterocycles. The first-order valence-corrected chi connectivity index (χ1v) is 7.28. The molecule has 116 valence electrons. The number of ether oxygens (including phenoxy) is 1. The maximum absolute atomic E-state index is 11.8. The Morgan fingerprint density at radius 1 is 1.36 bits per heavy atom.